The number of pyridine rings is 1. The van der Waals surface area contributed by atoms with E-state index in [0.29, 0.717) is 5.82 Å². The predicted octanol–water partition coefficient (Wildman–Crippen LogP) is 4.33. The summed E-state index contributed by atoms with van der Waals surface area (Å²) in [5, 5.41) is 7.09. The number of carbonyl (C=O) groups excluding carboxylic acids is 1. The van der Waals surface area contributed by atoms with Crippen molar-refractivity contribution >= 4 is 34.0 Å². The van der Waals surface area contributed by atoms with Crippen molar-refractivity contribution in [3.8, 4) is 0 Å². The molecule has 0 unspecified atom stereocenters. The van der Waals surface area contributed by atoms with Crippen molar-refractivity contribution in [2.75, 3.05) is 10.6 Å². The predicted molar refractivity (Wildman–Crippen MR) is 106 cm³/mol. The van der Waals surface area contributed by atoms with Gasteiger partial charge in [0.2, 0.25) is 0 Å². The van der Waals surface area contributed by atoms with E-state index in [4.69, 9.17) is 0 Å². The zero-order valence-corrected chi connectivity index (χ0v) is 14.7. The van der Waals surface area contributed by atoms with E-state index in [1.54, 1.807) is 12.3 Å². The number of aromatic nitrogens is 3. The van der Waals surface area contributed by atoms with E-state index in [1.165, 1.54) is 6.33 Å². The second-order valence-corrected chi connectivity index (χ2v) is 6.12. The number of benzene rings is 2. The molecule has 4 rings (SSSR count). The standard InChI is InChI=1S/C21H17N5O/c1-14-5-2-8-16(11-14)25-21(27)18-12-19(24-13-23-18)26-17-9-3-6-15-7-4-10-22-20(15)17/h2-13H,1H3,(H,25,27)(H,23,24,26). The van der Waals surface area contributed by atoms with Gasteiger partial charge in [0.15, 0.2) is 0 Å². The van der Waals surface area contributed by atoms with Gasteiger partial charge in [-0.1, -0.05) is 30.3 Å². The minimum Gasteiger partial charge on any atom is -0.338 e. The molecule has 0 aliphatic carbocycles. The second kappa shape index (κ2) is 7.21. The summed E-state index contributed by atoms with van der Waals surface area (Å²) in [5.41, 5.74) is 3.73. The highest BCUT2D eigenvalue weighted by Crippen LogP contribution is 2.23. The smallest absolute Gasteiger partial charge is 0.274 e. The Bertz CT molecular complexity index is 1120. The van der Waals surface area contributed by atoms with Gasteiger partial charge in [-0.3, -0.25) is 9.78 Å². The van der Waals surface area contributed by atoms with E-state index in [0.717, 1.165) is 27.8 Å². The minimum atomic E-state index is -0.290. The number of aryl methyl sites for hydroxylation is 1. The largest absolute Gasteiger partial charge is 0.338 e. The van der Waals surface area contributed by atoms with Crippen LogP contribution in [0.3, 0.4) is 0 Å². The molecule has 0 saturated heterocycles. The van der Waals surface area contributed by atoms with Gasteiger partial charge in [0.05, 0.1) is 11.2 Å². The average molecular weight is 355 g/mol. The summed E-state index contributed by atoms with van der Waals surface area (Å²) in [6.45, 7) is 1.97. The lowest BCUT2D eigenvalue weighted by atomic mass is 10.2. The molecule has 0 fully saturated rings. The van der Waals surface area contributed by atoms with Crippen molar-refractivity contribution in [3.63, 3.8) is 0 Å². The van der Waals surface area contributed by atoms with Crippen molar-refractivity contribution in [1.29, 1.82) is 0 Å². The summed E-state index contributed by atoms with van der Waals surface area (Å²) in [5.74, 6) is 0.236. The first kappa shape index (κ1) is 16.7. The SMILES string of the molecule is Cc1cccc(NC(=O)c2cc(Nc3cccc4cccnc34)ncn2)c1. The topological polar surface area (TPSA) is 79.8 Å². The van der Waals surface area contributed by atoms with Gasteiger partial charge in [-0.25, -0.2) is 9.97 Å². The van der Waals surface area contributed by atoms with Crippen molar-refractivity contribution in [2.45, 2.75) is 6.92 Å². The molecule has 0 spiro atoms. The summed E-state index contributed by atoms with van der Waals surface area (Å²) in [6.07, 6.45) is 3.11. The van der Waals surface area contributed by atoms with Crippen molar-refractivity contribution in [2.24, 2.45) is 0 Å². The number of anilines is 3. The molecule has 2 heterocycles. The van der Waals surface area contributed by atoms with Gasteiger partial charge in [-0.15, -0.1) is 0 Å². The molecule has 2 aromatic heterocycles. The summed E-state index contributed by atoms with van der Waals surface area (Å²) in [4.78, 5) is 25.2. The molecule has 132 valence electrons. The van der Waals surface area contributed by atoms with E-state index in [2.05, 4.69) is 25.6 Å². The quantitative estimate of drug-likeness (QED) is 0.569. The Kier molecular flexibility index (Phi) is 4.45. The van der Waals surface area contributed by atoms with Gasteiger partial charge >= 0.3 is 0 Å². The maximum atomic E-state index is 12.5. The minimum absolute atomic E-state index is 0.280. The molecule has 1 amide bonds. The number of nitrogens with zero attached hydrogens (tertiary/aromatic N) is 3. The van der Waals surface area contributed by atoms with E-state index in [1.807, 2.05) is 61.5 Å². The third kappa shape index (κ3) is 3.74. The molecule has 0 saturated carbocycles. The van der Waals surface area contributed by atoms with Crippen LogP contribution in [0.4, 0.5) is 17.2 Å². The molecule has 0 aliphatic rings. The fourth-order valence-electron chi connectivity index (χ4n) is 2.81. The van der Waals surface area contributed by atoms with Crippen LogP contribution >= 0.6 is 0 Å². The highest BCUT2D eigenvalue weighted by Gasteiger charge is 2.10. The third-order valence-electron chi connectivity index (χ3n) is 4.07. The van der Waals surface area contributed by atoms with Crippen LogP contribution in [0, 0.1) is 6.92 Å². The van der Waals surface area contributed by atoms with Crippen LogP contribution in [0.25, 0.3) is 10.9 Å². The average Bonchev–Trinajstić information content (AvgIpc) is 2.68. The molecule has 2 N–H and O–H groups in total. The van der Waals surface area contributed by atoms with Gasteiger partial charge in [0.1, 0.15) is 17.8 Å². The number of carbonyl (C=O) groups is 1. The van der Waals surface area contributed by atoms with Crippen LogP contribution in [-0.2, 0) is 0 Å². The maximum Gasteiger partial charge on any atom is 0.274 e. The Morgan fingerprint density at radius 1 is 0.926 bits per heavy atom. The highest BCUT2D eigenvalue weighted by atomic mass is 16.1. The molecular weight excluding hydrogens is 338 g/mol. The van der Waals surface area contributed by atoms with Gasteiger partial charge in [-0.2, -0.15) is 0 Å². The molecule has 0 aliphatic heterocycles. The van der Waals surface area contributed by atoms with Crippen LogP contribution in [0.2, 0.25) is 0 Å². The maximum absolute atomic E-state index is 12.5. The summed E-state index contributed by atoms with van der Waals surface area (Å²) >= 11 is 0. The van der Waals surface area contributed by atoms with Crippen LogP contribution < -0.4 is 10.6 Å². The van der Waals surface area contributed by atoms with E-state index < -0.39 is 0 Å². The van der Waals surface area contributed by atoms with Gasteiger partial charge in [-0.05, 0) is 36.8 Å². The first-order valence-corrected chi connectivity index (χ1v) is 8.50. The first-order valence-electron chi connectivity index (χ1n) is 8.50. The van der Waals surface area contributed by atoms with Gasteiger partial charge < -0.3 is 10.6 Å². The number of hydrogen-bond acceptors (Lipinski definition) is 5. The Labute approximate surface area is 156 Å². The number of amides is 1. The molecule has 6 nitrogen and oxygen atoms in total. The molecule has 6 heteroatoms. The Morgan fingerprint density at radius 2 is 1.78 bits per heavy atom. The molecule has 0 bridgehead atoms. The number of hydrogen-bond donors (Lipinski definition) is 2. The monoisotopic (exact) mass is 355 g/mol. The van der Waals surface area contributed by atoms with E-state index in [9.17, 15) is 4.79 Å². The lowest BCUT2D eigenvalue weighted by Crippen LogP contribution is -2.14. The Morgan fingerprint density at radius 3 is 2.67 bits per heavy atom. The number of fused-ring (bicyclic) bond motifs is 1. The van der Waals surface area contributed by atoms with Crippen molar-refractivity contribution in [3.05, 3.63) is 84.4 Å². The summed E-state index contributed by atoms with van der Waals surface area (Å²) in [6, 6.07) is 19.0. The van der Waals surface area contributed by atoms with Crippen molar-refractivity contribution in [1.82, 2.24) is 15.0 Å². The fourth-order valence-corrected chi connectivity index (χ4v) is 2.81. The fraction of sp³-hybridized carbons (Fsp3) is 0.0476. The van der Waals surface area contributed by atoms with Crippen LogP contribution in [0.15, 0.2) is 73.2 Å². The number of para-hydroxylation sites is 1. The molecule has 2 aromatic carbocycles. The number of rotatable bonds is 4. The molecule has 27 heavy (non-hydrogen) atoms. The van der Waals surface area contributed by atoms with Gasteiger partial charge in [0, 0.05) is 23.3 Å². The molecule has 4 aromatic rings. The number of nitrogens with one attached hydrogen (secondary N) is 2. The molecular formula is C21H17N5O. The first-order chi connectivity index (χ1) is 13.2. The lowest BCUT2D eigenvalue weighted by Gasteiger charge is -2.09. The normalized spacial score (nSPS) is 10.6. The van der Waals surface area contributed by atoms with Gasteiger partial charge in [0.25, 0.3) is 5.91 Å². The Hall–Kier alpha value is -3.80. The zero-order valence-electron chi connectivity index (χ0n) is 14.7. The molecule has 0 radical (unpaired) electrons. The summed E-state index contributed by atoms with van der Waals surface area (Å²) < 4.78 is 0. The lowest BCUT2D eigenvalue weighted by molar-refractivity contribution is 0.102. The second-order valence-electron chi connectivity index (χ2n) is 6.12. The van der Waals surface area contributed by atoms with Crippen LogP contribution in [-0.4, -0.2) is 20.9 Å². The zero-order chi connectivity index (χ0) is 18.6. The van der Waals surface area contributed by atoms with Crippen molar-refractivity contribution < 1.29 is 4.79 Å². The van der Waals surface area contributed by atoms with Crippen LogP contribution in [0.1, 0.15) is 16.1 Å². The van der Waals surface area contributed by atoms with E-state index in [-0.39, 0.29) is 11.6 Å². The molecule has 0 atom stereocenters. The van der Waals surface area contributed by atoms with Crippen LogP contribution in [0.5, 0.6) is 0 Å². The third-order valence-corrected chi connectivity index (χ3v) is 4.07. The Balaban J connectivity index is 1.58. The van der Waals surface area contributed by atoms with E-state index >= 15 is 0 Å². The highest BCUT2D eigenvalue weighted by molar-refractivity contribution is 6.03. The summed E-state index contributed by atoms with van der Waals surface area (Å²) in [7, 11) is 0.